The van der Waals surface area contributed by atoms with Crippen molar-refractivity contribution < 1.29 is 34.8 Å². The zero-order chi connectivity index (χ0) is 15.0. The Bertz CT molecular complexity index is 404. The lowest BCUT2D eigenvalue weighted by Crippen LogP contribution is -2.62. The number of hydrogen-bond donors (Lipinski definition) is 4. The number of rotatable bonds is 3. The van der Waals surface area contributed by atoms with Crippen molar-refractivity contribution in [2.75, 3.05) is 20.3 Å². The highest BCUT2D eigenvalue weighted by molar-refractivity contribution is 5.97. The van der Waals surface area contributed by atoms with Crippen LogP contribution in [0.15, 0.2) is 0 Å². The molecule has 2 fully saturated rings. The maximum atomic E-state index is 12.1. The van der Waals surface area contributed by atoms with Crippen molar-refractivity contribution in [1.82, 2.24) is 9.80 Å². The van der Waals surface area contributed by atoms with E-state index in [2.05, 4.69) is 0 Å². The monoisotopic (exact) mass is 290 g/mol. The summed E-state index contributed by atoms with van der Waals surface area (Å²) in [4.78, 5) is 25.6. The average Bonchev–Trinajstić information content (AvgIpc) is 2.72. The summed E-state index contributed by atoms with van der Waals surface area (Å²) in [6, 6.07) is -1.56. The van der Waals surface area contributed by atoms with Crippen LogP contribution in [0, 0.1) is 0 Å². The Labute approximate surface area is 115 Å². The van der Waals surface area contributed by atoms with Gasteiger partial charge in [-0.1, -0.05) is 0 Å². The van der Waals surface area contributed by atoms with Crippen molar-refractivity contribution in [3.8, 4) is 0 Å². The van der Waals surface area contributed by atoms with Gasteiger partial charge in [-0.25, -0.2) is 4.79 Å². The number of imide groups is 1. The Kier molecular flexibility index (Phi) is 4.25. The van der Waals surface area contributed by atoms with Gasteiger partial charge in [-0.3, -0.25) is 14.6 Å². The van der Waals surface area contributed by atoms with Crippen molar-refractivity contribution in [3.63, 3.8) is 0 Å². The quantitative estimate of drug-likeness (QED) is 0.437. The van der Waals surface area contributed by atoms with Crippen LogP contribution in [0.2, 0.25) is 0 Å². The van der Waals surface area contributed by atoms with E-state index in [1.54, 1.807) is 0 Å². The van der Waals surface area contributed by atoms with Gasteiger partial charge in [-0.2, -0.15) is 0 Å². The third-order valence-electron chi connectivity index (χ3n) is 3.69. The molecule has 0 bridgehead atoms. The lowest BCUT2D eigenvalue weighted by atomic mass is 10.1. The number of amides is 3. The van der Waals surface area contributed by atoms with E-state index in [-0.39, 0.29) is 6.42 Å². The summed E-state index contributed by atoms with van der Waals surface area (Å²) in [5, 5.41) is 38.0. The van der Waals surface area contributed by atoms with Gasteiger partial charge in [0.25, 0.3) is 0 Å². The normalized spacial score (nSPS) is 38.8. The van der Waals surface area contributed by atoms with Crippen LogP contribution in [0.25, 0.3) is 0 Å². The molecule has 3 amide bonds. The van der Waals surface area contributed by atoms with Crippen LogP contribution in [0.4, 0.5) is 4.79 Å². The van der Waals surface area contributed by atoms with Crippen LogP contribution in [0.5, 0.6) is 0 Å². The molecule has 1 unspecified atom stereocenters. The minimum absolute atomic E-state index is 0.106. The van der Waals surface area contributed by atoms with E-state index in [1.165, 1.54) is 7.05 Å². The first kappa shape index (κ1) is 15.1. The number of carbonyl (C=O) groups is 2. The second kappa shape index (κ2) is 5.62. The van der Waals surface area contributed by atoms with Gasteiger partial charge < -0.3 is 25.2 Å². The van der Waals surface area contributed by atoms with E-state index < -0.39 is 55.7 Å². The molecule has 0 aliphatic carbocycles. The molecule has 2 aliphatic heterocycles. The summed E-state index contributed by atoms with van der Waals surface area (Å²) in [5.41, 5.74) is 0. The first-order valence-electron chi connectivity index (χ1n) is 6.24. The number of urea groups is 1. The van der Waals surface area contributed by atoms with Gasteiger partial charge in [0.15, 0.2) is 6.23 Å². The van der Waals surface area contributed by atoms with Crippen LogP contribution in [0.3, 0.4) is 0 Å². The predicted molar refractivity (Wildman–Crippen MR) is 63.3 cm³/mol. The fourth-order valence-corrected chi connectivity index (χ4v) is 2.45. The molecule has 4 N–H and O–H groups in total. The highest BCUT2D eigenvalue weighted by Gasteiger charge is 2.51. The zero-order valence-corrected chi connectivity index (χ0v) is 10.9. The van der Waals surface area contributed by atoms with Gasteiger partial charge in [-0.15, -0.1) is 0 Å². The minimum atomic E-state index is -1.42. The second-order valence-electron chi connectivity index (χ2n) is 4.91. The molecule has 0 saturated carbocycles. The number of aliphatic hydroxyl groups is 4. The molecule has 2 rings (SSSR count). The molecule has 114 valence electrons. The average molecular weight is 290 g/mol. The Morgan fingerprint density at radius 3 is 2.35 bits per heavy atom. The van der Waals surface area contributed by atoms with Crippen molar-refractivity contribution in [3.05, 3.63) is 0 Å². The Morgan fingerprint density at radius 1 is 1.20 bits per heavy atom. The van der Waals surface area contributed by atoms with Crippen LogP contribution in [-0.2, 0) is 9.53 Å². The topological polar surface area (TPSA) is 131 Å². The fourth-order valence-electron chi connectivity index (χ4n) is 2.45. The molecule has 9 heteroatoms. The summed E-state index contributed by atoms with van der Waals surface area (Å²) in [5.74, 6) is -0.447. The van der Waals surface area contributed by atoms with E-state index in [0.717, 1.165) is 9.80 Å². The molecular formula is C11H18N2O7. The zero-order valence-electron chi connectivity index (χ0n) is 10.9. The number of nitrogens with zero attached hydrogens (tertiary/aromatic N) is 2. The highest BCUT2D eigenvalue weighted by Crippen LogP contribution is 2.29. The molecule has 2 aliphatic rings. The molecule has 0 aromatic rings. The van der Waals surface area contributed by atoms with Crippen molar-refractivity contribution in [2.45, 2.75) is 37.0 Å². The van der Waals surface area contributed by atoms with Crippen LogP contribution in [0.1, 0.15) is 6.42 Å². The third-order valence-corrected chi connectivity index (χ3v) is 3.69. The minimum Gasteiger partial charge on any atom is -0.394 e. The van der Waals surface area contributed by atoms with Gasteiger partial charge in [-0.05, 0) is 0 Å². The summed E-state index contributed by atoms with van der Waals surface area (Å²) in [7, 11) is 1.28. The molecule has 5 atom stereocenters. The predicted octanol–water partition coefficient (Wildman–Crippen LogP) is -2.93. The standard InChI is InChI=1S/C11H18N2O7/c1-12-7(16)2-5(3-14)13(11(12)19)10-9(18)8(17)6(4-15)20-10/h5-6,8-10,14-15,17-18H,2-4H2,1H3/t5?,6-,8-,9-,10-/m1/s1. The number of hydrogen-bond acceptors (Lipinski definition) is 7. The summed E-state index contributed by atoms with van der Waals surface area (Å²) in [6.45, 7) is -0.993. The molecule has 0 aromatic heterocycles. The SMILES string of the molecule is CN1C(=O)CC(CO)N([C@@H]2O[C@H](CO)[C@@H](O)[C@H]2O)C1=O. The van der Waals surface area contributed by atoms with E-state index in [9.17, 15) is 24.9 Å². The molecule has 9 nitrogen and oxygen atoms in total. The van der Waals surface area contributed by atoms with Crippen molar-refractivity contribution >= 4 is 11.9 Å². The Morgan fingerprint density at radius 2 is 1.85 bits per heavy atom. The third kappa shape index (κ3) is 2.27. The van der Waals surface area contributed by atoms with Crippen molar-refractivity contribution in [1.29, 1.82) is 0 Å². The molecular weight excluding hydrogens is 272 g/mol. The van der Waals surface area contributed by atoms with Crippen molar-refractivity contribution in [2.24, 2.45) is 0 Å². The number of aliphatic hydroxyl groups excluding tert-OH is 4. The molecule has 20 heavy (non-hydrogen) atoms. The molecule has 0 spiro atoms. The summed E-state index contributed by atoms with van der Waals surface area (Å²) < 4.78 is 5.27. The van der Waals surface area contributed by atoms with Gasteiger partial charge >= 0.3 is 6.03 Å². The van der Waals surface area contributed by atoms with E-state index in [4.69, 9.17) is 9.84 Å². The van der Waals surface area contributed by atoms with Gasteiger partial charge in [0.2, 0.25) is 5.91 Å². The maximum absolute atomic E-state index is 12.1. The van der Waals surface area contributed by atoms with Gasteiger partial charge in [0, 0.05) is 7.05 Å². The molecule has 2 heterocycles. The summed E-state index contributed by atoms with van der Waals surface area (Å²) >= 11 is 0. The molecule has 2 saturated heterocycles. The first-order chi connectivity index (χ1) is 9.42. The largest absolute Gasteiger partial charge is 0.394 e. The smallest absolute Gasteiger partial charge is 0.328 e. The van der Waals surface area contributed by atoms with E-state index in [1.807, 2.05) is 0 Å². The first-order valence-corrected chi connectivity index (χ1v) is 6.24. The second-order valence-corrected chi connectivity index (χ2v) is 4.91. The fraction of sp³-hybridized carbons (Fsp3) is 0.818. The van der Waals surface area contributed by atoms with Crippen LogP contribution >= 0.6 is 0 Å². The molecule has 0 aromatic carbocycles. The lowest BCUT2D eigenvalue weighted by molar-refractivity contribution is -0.142. The van der Waals surface area contributed by atoms with Gasteiger partial charge in [0.05, 0.1) is 25.7 Å². The lowest BCUT2D eigenvalue weighted by Gasteiger charge is -2.41. The maximum Gasteiger partial charge on any atom is 0.328 e. The number of carbonyl (C=O) groups excluding carboxylic acids is 2. The van der Waals surface area contributed by atoms with Crippen LogP contribution in [-0.4, -0.2) is 93.0 Å². The van der Waals surface area contributed by atoms with Gasteiger partial charge in [0.1, 0.15) is 18.3 Å². The summed E-state index contributed by atoms with van der Waals surface area (Å²) in [6.07, 6.45) is -5.12. The van der Waals surface area contributed by atoms with Crippen LogP contribution < -0.4 is 0 Å². The van der Waals surface area contributed by atoms with E-state index in [0.29, 0.717) is 0 Å². The molecule has 0 radical (unpaired) electrons. The Balaban J connectivity index is 2.25. The number of ether oxygens (including phenoxy) is 1. The Hall–Kier alpha value is -1.26. The highest BCUT2D eigenvalue weighted by atomic mass is 16.6. The van der Waals surface area contributed by atoms with E-state index >= 15 is 0 Å².